The Morgan fingerprint density at radius 3 is 2.38 bits per heavy atom. The first-order valence-electron chi connectivity index (χ1n) is 9.91. The van der Waals surface area contributed by atoms with Crippen LogP contribution < -0.4 is 9.64 Å². The number of rotatable bonds is 6. The van der Waals surface area contributed by atoms with Crippen molar-refractivity contribution in [1.29, 1.82) is 0 Å². The fraction of sp³-hybridized carbons (Fsp3) is 0.409. The van der Waals surface area contributed by atoms with Crippen LogP contribution in [0.2, 0.25) is 0 Å². The number of amides is 1. The second kappa shape index (κ2) is 8.16. The highest BCUT2D eigenvalue weighted by Crippen LogP contribution is 2.32. The number of benzene rings is 2. The highest BCUT2D eigenvalue weighted by molar-refractivity contribution is 7.91. The first-order valence-corrected chi connectivity index (χ1v) is 11.7. The molecule has 2 aliphatic rings. The summed E-state index contributed by atoms with van der Waals surface area (Å²) in [7, 11) is -1.59. The number of hydrogen-bond acceptors (Lipinski definition) is 5. The summed E-state index contributed by atoms with van der Waals surface area (Å²) < 4.78 is 30.1. The normalized spacial score (nSPS) is 23.8. The van der Waals surface area contributed by atoms with E-state index in [-0.39, 0.29) is 36.0 Å². The van der Waals surface area contributed by atoms with E-state index in [4.69, 9.17) is 4.74 Å². The van der Waals surface area contributed by atoms with Crippen molar-refractivity contribution in [1.82, 2.24) is 4.90 Å². The number of sulfone groups is 1. The number of piperazine rings is 1. The number of carbonyl (C=O) groups excluding carboxylic acids is 1. The lowest BCUT2D eigenvalue weighted by molar-refractivity contribution is -0.123. The van der Waals surface area contributed by atoms with E-state index >= 15 is 0 Å². The van der Waals surface area contributed by atoms with Gasteiger partial charge < -0.3 is 9.64 Å². The van der Waals surface area contributed by atoms with Gasteiger partial charge in [-0.15, -0.1) is 0 Å². The predicted octanol–water partition coefficient (Wildman–Crippen LogP) is 2.14. The number of fused-ring (bicyclic) bond motifs is 1. The molecule has 0 aliphatic carbocycles. The minimum absolute atomic E-state index is 0.0185. The zero-order valence-electron chi connectivity index (χ0n) is 16.5. The van der Waals surface area contributed by atoms with Crippen LogP contribution in [0.1, 0.15) is 12.0 Å². The third kappa shape index (κ3) is 4.31. The molecular formula is C22H26N2O4S. The van der Waals surface area contributed by atoms with Crippen LogP contribution in [0.25, 0.3) is 0 Å². The molecule has 0 spiro atoms. The largest absolute Gasteiger partial charge is 0.497 e. The molecule has 0 N–H and O–H groups in total. The van der Waals surface area contributed by atoms with Crippen LogP contribution in [0.15, 0.2) is 54.6 Å². The molecule has 2 heterocycles. The van der Waals surface area contributed by atoms with Gasteiger partial charge in [-0.2, -0.15) is 0 Å². The van der Waals surface area contributed by atoms with Crippen molar-refractivity contribution >= 4 is 21.4 Å². The summed E-state index contributed by atoms with van der Waals surface area (Å²) in [5.41, 5.74) is 1.98. The molecular weight excluding hydrogens is 388 g/mol. The van der Waals surface area contributed by atoms with Crippen molar-refractivity contribution in [3.8, 4) is 5.75 Å². The molecule has 0 bridgehead atoms. The van der Waals surface area contributed by atoms with Crippen molar-refractivity contribution in [2.75, 3.05) is 36.6 Å². The molecule has 2 atom stereocenters. The van der Waals surface area contributed by atoms with Crippen molar-refractivity contribution in [2.24, 2.45) is 0 Å². The molecule has 6 nitrogen and oxygen atoms in total. The summed E-state index contributed by atoms with van der Waals surface area (Å²) in [6.07, 6.45) is 1.81. The Kier molecular flexibility index (Phi) is 5.61. The lowest BCUT2D eigenvalue weighted by atomic mass is 10.0. The van der Waals surface area contributed by atoms with E-state index in [9.17, 15) is 13.2 Å². The zero-order chi connectivity index (χ0) is 20.4. The number of anilines is 1. The second-order valence-electron chi connectivity index (χ2n) is 7.73. The molecule has 2 aliphatic heterocycles. The Bertz CT molecular complexity index is 960. The summed E-state index contributed by atoms with van der Waals surface area (Å²) in [6, 6.07) is 17.0. The SMILES string of the molecule is COc1ccc(N2C(=O)CN(CCCc3ccccc3)[C@@H]3CS(=O)(=O)C[C@H]32)cc1. The van der Waals surface area contributed by atoms with Crippen LogP contribution in [0.4, 0.5) is 5.69 Å². The number of nitrogens with zero attached hydrogens (tertiary/aromatic N) is 2. The van der Waals surface area contributed by atoms with E-state index in [2.05, 4.69) is 17.0 Å². The van der Waals surface area contributed by atoms with Gasteiger partial charge in [0.25, 0.3) is 0 Å². The summed E-state index contributed by atoms with van der Waals surface area (Å²) in [5, 5.41) is 0. The van der Waals surface area contributed by atoms with Gasteiger partial charge in [-0.1, -0.05) is 30.3 Å². The number of methoxy groups -OCH3 is 1. The van der Waals surface area contributed by atoms with Crippen LogP contribution in [0.5, 0.6) is 5.75 Å². The quantitative estimate of drug-likeness (QED) is 0.725. The van der Waals surface area contributed by atoms with Crippen molar-refractivity contribution < 1.29 is 17.9 Å². The monoisotopic (exact) mass is 414 g/mol. The van der Waals surface area contributed by atoms with Crippen molar-refractivity contribution in [3.05, 3.63) is 60.2 Å². The lowest BCUT2D eigenvalue weighted by Crippen LogP contribution is -2.62. The molecule has 0 unspecified atom stereocenters. The first kappa shape index (κ1) is 19.9. The molecule has 0 saturated carbocycles. The fourth-order valence-electron chi connectivity index (χ4n) is 4.41. The molecule has 0 aromatic heterocycles. The number of aryl methyl sites for hydroxylation is 1. The van der Waals surface area contributed by atoms with Gasteiger partial charge in [-0.05, 0) is 49.2 Å². The number of carbonyl (C=O) groups is 1. The van der Waals surface area contributed by atoms with E-state index < -0.39 is 9.84 Å². The molecule has 0 radical (unpaired) electrons. The number of ether oxygens (including phenoxy) is 1. The Morgan fingerprint density at radius 1 is 1.00 bits per heavy atom. The minimum Gasteiger partial charge on any atom is -0.497 e. The Balaban J connectivity index is 1.51. The van der Waals surface area contributed by atoms with Crippen LogP contribution in [-0.2, 0) is 21.1 Å². The number of hydrogen-bond donors (Lipinski definition) is 0. The molecule has 2 fully saturated rings. The maximum Gasteiger partial charge on any atom is 0.241 e. The standard InChI is InChI=1S/C22H26N2O4S/c1-28-19-11-9-18(10-12-19)24-21-16-29(26,27)15-20(21)23(14-22(24)25)13-5-8-17-6-3-2-4-7-17/h2-4,6-7,9-12,20-21H,5,8,13-16H2,1H3/t20-,21-/m1/s1. The average molecular weight is 415 g/mol. The van der Waals surface area contributed by atoms with Crippen LogP contribution in [0.3, 0.4) is 0 Å². The van der Waals surface area contributed by atoms with Crippen molar-refractivity contribution in [3.63, 3.8) is 0 Å². The van der Waals surface area contributed by atoms with Gasteiger partial charge in [0, 0.05) is 11.7 Å². The van der Waals surface area contributed by atoms with Crippen LogP contribution >= 0.6 is 0 Å². The van der Waals surface area contributed by atoms with E-state index in [1.807, 2.05) is 30.3 Å². The summed E-state index contributed by atoms with van der Waals surface area (Å²) in [4.78, 5) is 16.8. The Morgan fingerprint density at radius 2 is 1.69 bits per heavy atom. The molecule has 2 aromatic carbocycles. The average Bonchev–Trinajstić information content (AvgIpc) is 3.04. The Hall–Kier alpha value is -2.38. The minimum atomic E-state index is -3.18. The third-order valence-corrected chi connectivity index (χ3v) is 7.50. The predicted molar refractivity (Wildman–Crippen MR) is 113 cm³/mol. The summed E-state index contributed by atoms with van der Waals surface area (Å²) in [5.74, 6) is 0.790. The van der Waals surface area contributed by atoms with Crippen molar-refractivity contribution in [2.45, 2.75) is 24.9 Å². The maximum absolute atomic E-state index is 13.0. The summed E-state index contributed by atoms with van der Waals surface area (Å²) in [6.45, 7) is 0.964. The third-order valence-electron chi connectivity index (χ3n) is 5.81. The molecule has 2 saturated heterocycles. The summed E-state index contributed by atoms with van der Waals surface area (Å²) >= 11 is 0. The smallest absolute Gasteiger partial charge is 0.241 e. The van der Waals surface area contributed by atoms with Gasteiger partial charge >= 0.3 is 0 Å². The van der Waals surface area contributed by atoms with E-state index in [0.29, 0.717) is 12.3 Å². The molecule has 2 aromatic rings. The van der Waals surface area contributed by atoms with Gasteiger partial charge in [0.1, 0.15) is 5.75 Å². The lowest BCUT2D eigenvalue weighted by Gasteiger charge is -2.43. The highest BCUT2D eigenvalue weighted by Gasteiger charge is 2.49. The Labute approximate surface area is 172 Å². The van der Waals surface area contributed by atoms with E-state index in [1.165, 1.54) is 5.56 Å². The first-order chi connectivity index (χ1) is 14.0. The van der Waals surface area contributed by atoms with E-state index in [0.717, 1.165) is 18.5 Å². The maximum atomic E-state index is 13.0. The van der Waals surface area contributed by atoms with Gasteiger partial charge in [0.15, 0.2) is 9.84 Å². The molecule has 4 rings (SSSR count). The second-order valence-corrected chi connectivity index (χ2v) is 9.89. The molecule has 7 heteroatoms. The zero-order valence-corrected chi connectivity index (χ0v) is 17.3. The fourth-order valence-corrected chi connectivity index (χ4v) is 6.39. The van der Waals surface area contributed by atoms with Gasteiger partial charge in [0.2, 0.25) is 5.91 Å². The molecule has 29 heavy (non-hydrogen) atoms. The topological polar surface area (TPSA) is 66.9 Å². The molecule has 1 amide bonds. The van der Waals surface area contributed by atoms with Crippen LogP contribution in [0, 0.1) is 0 Å². The van der Waals surface area contributed by atoms with Crippen LogP contribution in [-0.4, -0.2) is 63.0 Å². The highest BCUT2D eigenvalue weighted by atomic mass is 32.2. The van der Waals surface area contributed by atoms with Gasteiger partial charge in [-0.25, -0.2) is 8.42 Å². The molecule has 154 valence electrons. The van der Waals surface area contributed by atoms with Gasteiger partial charge in [-0.3, -0.25) is 9.69 Å². The van der Waals surface area contributed by atoms with E-state index in [1.54, 1.807) is 24.1 Å². The van der Waals surface area contributed by atoms with Gasteiger partial charge in [0.05, 0.1) is 31.2 Å².